The number of aryl methyl sites for hydroxylation is 1. The smallest absolute Gasteiger partial charge is 0.162 e. The first-order valence-electron chi connectivity index (χ1n) is 10.6. The van der Waals surface area contributed by atoms with Gasteiger partial charge in [-0.25, -0.2) is 9.37 Å². The number of imidazole rings is 1. The van der Waals surface area contributed by atoms with Crippen molar-refractivity contribution in [2.24, 2.45) is 0 Å². The largest absolute Gasteiger partial charge is 0.325 e. The van der Waals surface area contributed by atoms with Gasteiger partial charge in [0.25, 0.3) is 0 Å². The standard InChI is InChI=1S/C24H28FN3O.ClH/c1-2-24-26-21-6-3-4-7-22(21)28(24)20-13-16-27(17-14-20)15-5-8-23(29)18-9-11-19(25)12-10-18;/h3-4,6-7,9-12,20H,2,5,8,13-17H2,1H3;1H. The van der Waals surface area contributed by atoms with Crippen LogP contribution >= 0.6 is 12.4 Å². The minimum Gasteiger partial charge on any atom is -0.325 e. The summed E-state index contributed by atoms with van der Waals surface area (Å²) in [6.07, 6.45) is 4.52. The minimum atomic E-state index is -0.304. The summed E-state index contributed by atoms with van der Waals surface area (Å²) in [6, 6.07) is 14.8. The van der Waals surface area contributed by atoms with Gasteiger partial charge in [0.05, 0.1) is 11.0 Å². The third-order valence-electron chi connectivity index (χ3n) is 5.95. The molecule has 1 aliphatic rings. The number of likely N-dealkylation sites (tertiary alicyclic amines) is 1. The highest BCUT2D eigenvalue weighted by molar-refractivity contribution is 5.95. The zero-order valence-corrected chi connectivity index (χ0v) is 18.2. The first-order chi connectivity index (χ1) is 14.2. The molecule has 1 fully saturated rings. The molecule has 0 aliphatic carbocycles. The Balaban J connectivity index is 0.00000256. The monoisotopic (exact) mass is 429 g/mol. The van der Waals surface area contributed by atoms with E-state index in [4.69, 9.17) is 4.98 Å². The van der Waals surface area contributed by atoms with Crippen molar-refractivity contribution in [3.8, 4) is 0 Å². The normalized spacial score (nSPS) is 15.3. The molecule has 0 atom stereocenters. The number of carbonyl (C=O) groups is 1. The maximum atomic E-state index is 13.0. The van der Waals surface area contributed by atoms with E-state index >= 15 is 0 Å². The highest BCUT2D eigenvalue weighted by Crippen LogP contribution is 2.29. The maximum absolute atomic E-state index is 13.0. The van der Waals surface area contributed by atoms with Gasteiger partial charge in [-0.2, -0.15) is 0 Å². The predicted molar refractivity (Wildman–Crippen MR) is 121 cm³/mol. The second-order valence-corrected chi connectivity index (χ2v) is 7.85. The van der Waals surface area contributed by atoms with Gasteiger partial charge in [-0.1, -0.05) is 19.1 Å². The Morgan fingerprint density at radius 2 is 1.80 bits per heavy atom. The Labute approximate surface area is 183 Å². The number of para-hydroxylation sites is 2. The number of nitrogens with zero attached hydrogens (tertiary/aromatic N) is 3. The fourth-order valence-corrected chi connectivity index (χ4v) is 4.40. The molecule has 0 N–H and O–H groups in total. The van der Waals surface area contributed by atoms with Crippen LogP contribution in [0.3, 0.4) is 0 Å². The Kier molecular flexibility index (Phi) is 7.62. The Morgan fingerprint density at radius 1 is 1.10 bits per heavy atom. The van der Waals surface area contributed by atoms with Crippen molar-refractivity contribution < 1.29 is 9.18 Å². The van der Waals surface area contributed by atoms with E-state index in [-0.39, 0.29) is 24.0 Å². The molecule has 1 aromatic heterocycles. The molecule has 30 heavy (non-hydrogen) atoms. The fraction of sp³-hybridized carbons (Fsp3) is 0.417. The summed E-state index contributed by atoms with van der Waals surface area (Å²) in [7, 11) is 0. The number of hydrogen-bond acceptors (Lipinski definition) is 3. The van der Waals surface area contributed by atoms with Gasteiger partial charge in [0, 0.05) is 37.5 Å². The molecule has 3 aromatic rings. The Hall–Kier alpha value is -2.24. The van der Waals surface area contributed by atoms with Gasteiger partial charge in [0.15, 0.2) is 5.78 Å². The number of piperidine rings is 1. The first kappa shape index (κ1) is 22.4. The van der Waals surface area contributed by atoms with E-state index in [0.717, 1.165) is 50.8 Å². The SMILES string of the molecule is CCc1nc2ccccc2n1C1CCN(CCCC(=O)c2ccc(F)cc2)CC1.Cl. The molecule has 0 unspecified atom stereocenters. The molecule has 1 saturated heterocycles. The third-order valence-corrected chi connectivity index (χ3v) is 5.95. The number of Topliss-reactive ketones (excluding diaryl/α,β-unsaturated/α-hetero) is 1. The van der Waals surface area contributed by atoms with Crippen LogP contribution in [0.1, 0.15) is 54.8 Å². The molecular weight excluding hydrogens is 401 g/mol. The number of carbonyl (C=O) groups excluding carboxylic acids is 1. The van der Waals surface area contributed by atoms with E-state index in [0.29, 0.717) is 18.0 Å². The first-order valence-corrected chi connectivity index (χ1v) is 10.6. The van der Waals surface area contributed by atoms with Crippen LogP contribution in [0.5, 0.6) is 0 Å². The molecular formula is C24H29ClFN3O. The number of ketones is 1. The second kappa shape index (κ2) is 10.2. The summed E-state index contributed by atoms with van der Waals surface area (Å²) in [4.78, 5) is 19.5. The number of fused-ring (bicyclic) bond motifs is 1. The molecule has 6 heteroatoms. The van der Waals surface area contributed by atoms with Crippen molar-refractivity contribution in [1.29, 1.82) is 0 Å². The Bertz CT molecular complexity index is 978. The Morgan fingerprint density at radius 3 is 2.50 bits per heavy atom. The van der Waals surface area contributed by atoms with E-state index in [1.54, 1.807) is 12.1 Å². The van der Waals surface area contributed by atoms with Crippen molar-refractivity contribution in [1.82, 2.24) is 14.5 Å². The van der Waals surface area contributed by atoms with Gasteiger partial charge in [-0.15, -0.1) is 12.4 Å². The fourth-order valence-electron chi connectivity index (χ4n) is 4.40. The van der Waals surface area contributed by atoms with E-state index < -0.39 is 0 Å². The average molecular weight is 430 g/mol. The number of benzene rings is 2. The molecule has 2 aromatic carbocycles. The number of rotatable bonds is 7. The van der Waals surface area contributed by atoms with Crippen LogP contribution in [0.4, 0.5) is 4.39 Å². The third kappa shape index (κ3) is 4.90. The van der Waals surface area contributed by atoms with Crippen molar-refractivity contribution >= 4 is 29.2 Å². The molecule has 0 bridgehead atoms. The maximum Gasteiger partial charge on any atom is 0.162 e. The summed E-state index contributed by atoms with van der Waals surface area (Å²) < 4.78 is 15.4. The van der Waals surface area contributed by atoms with Crippen LogP contribution in [0.2, 0.25) is 0 Å². The molecule has 160 valence electrons. The van der Waals surface area contributed by atoms with E-state index in [2.05, 4.69) is 40.7 Å². The van der Waals surface area contributed by atoms with Gasteiger partial charge in [0.1, 0.15) is 11.6 Å². The van der Waals surface area contributed by atoms with Gasteiger partial charge in [-0.3, -0.25) is 4.79 Å². The molecule has 0 saturated carbocycles. The highest BCUT2D eigenvalue weighted by Gasteiger charge is 2.24. The molecule has 0 amide bonds. The lowest BCUT2D eigenvalue weighted by Crippen LogP contribution is -2.35. The number of hydrogen-bond donors (Lipinski definition) is 0. The zero-order chi connectivity index (χ0) is 20.2. The van der Waals surface area contributed by atoms with Crippen LogP contribution in [-0.2, 0) is 6.42 Å². The van der Waals surface area contributed by atoms with Crippen molar-refractivity contribution in [2.45, 2.75) is 45.1 Å². The van der Waals surface area contributed by atoms with Crippen LogP contribution in [0.15, 0.2) is 48.5 Å². The molecule has 2 heterocycles. The average Bonchev–Trinajstić information content (AvgIpc) is 3.13. The summed E-state index contributed by atoms with van der Waals surface area (Å²) in [5.41, 5.74) is 2.93. The van der Waals surface area contributed by atoms with E-state index in [9.17, 15) is 9.18 Å². The molecule has 0 spiro atoms. The molecule has 0 radical (unpaired) electrons. The van der Waals surface area contributed by atoms with Crippen LogP contribution in [-0.4, -0.2) is 39.9 Å². The molecule has 1 aliphatic heterocycles. The van der Waals surface area contributed by atoms with Crippen LogP contribution in [0, 0.1) is 5.82 Å². The lowest BCUT2D eigenvalue weighted by molar-refractivity contribution is 0.0970. The van der Waals surface area contributed by atoms with E-state index in [1.165, 1.54) is 23.5 Å². The second-order valence-electron chi connectivity index (χ2n) is 7.85. The highest BCUT2D eigenvalue weighted by atomic mass is 35.5. The summed E-state index contributed by atoms with van der Waals surface area (Å²) >= 11 is 0. The summed E-state index contributed by atoms with van der Waals surface area (Å²) in [6.45, 7) is 5.20. The minimum absolute atomic E-state index is 0. The topological polar surface area (TPSA) is 38.1 Å². The van der Waals surface area contributed by atoms with Crippen molar-refractivity contribution in [3.05, 3.63) is 65.7 Å². The quantitative estimate of drug-likeness (QED) is 0.468. The lowest BCUT2D eigenvalue weighted by atomic mass is 10.0. The summed E-state index contributed by atoms with van der Waals surface area (Å²) in [5, 5.41) is 0. The number of halogens is 2. The zero-order valence-electron chi connectivity index (χ0n) is 17.4. The van der Waals surface area contributed by atoms with E-state index in [1.807, 2.05) is 0 Å². The van der Waals surface area contributed by atoms with Crippen LogP contribution in [0.25, 0.3) is 11.0 Å². The van der Waals surface area contributed by atoms with Gasteiger partial charge >= 0.3 is 0 Å². The number of aromatic nitrogens is 2. The van der Waals surface area contributed by atoms with Gasteiger partial charge < -0.3 is 9.47 Å². The van der Waals surface area contributed by atoms with Gasteiger partial charge in [-0.05, 0) is 62.2 Å². The van der Waals surface area contributed by atoms with Crippen molar-refractivity contribution in [2.75, 3.05) is 19.6 Å². The predicted octanol–water partition coefficient (Wildman–Crippen LogP) is 5.46. The van der Waals surface area contributed by atoms with Crippen LogP contribution < -0.4 is 0 Å². The van der Waals surface area contributed by atoms with Gasteiger partial charge in [0.2, 0.25) is 0 Å². The van der Waals surface area contributed by atoms with Crippen molar-refractivity contribution in [3.63, 3.8) is 0 Å². The molecule has 4 rings (SSSR count). The molecule has 4 nitrogen and oxygen atoms in total. The summed E-state index contributed by atoms with van der Waals surface area (Å²) in [5.74, 6) is 0.966. The lowest BCUT2D eigenvalue weighted by Gasteiger charge is -2.33.